The molecule has 3 atom stereocenters. The molecule has 0 unspecified atom stereocenters. The van der Waals surface area contributed by atoms with E-state index >= 15 is 0 Å². The first kappa shape index (κ1) is 18.6. The van der Waals surface area contributed by atoms with Crippen molar-refractivity contribution >= 4 is 5.97 Å². The predicted molar refractivity (Wildman–Crippen MR) is 97.9 cm³/mol. The normalized spacial score (nSPS) is 21.5. The molecule has 0 spiro atoms. The summed E-state index contributed by atoms with van der Waals surface area (Å²) in [6.45, 7) is 3.73. The zero-order valence-electron chi connectivity index (χ0n) is 15.2. The number of carbonyl (C=O) groups excluding carboxylic acids is 1. The molecule has 1 aliphatic heterocycles. The number of hydrogen-bond donors (Lipinski definition) is 0. The zero-order chi connectivity index (χ0) is 18.4. The summed E-state index contributed by atoms with van der Waals surface area (Å²) in [6, 6.07) is 20.0. The molecule has 2 aromatic carbocycles. The lowest BCUT2D eigenvalue weighted by molar-refractivity contribution is -0.187. The van der Waals surface area contributed by atoms with Crippen molar-refractivity contribution < 1.29 is 19.1 Å². The fourth-order valence-corrected chi connectivity index (χ4v) is 3.16. The number of ether oxygens (including phenoxy) is 2. The number of carbonyl (C=O) groups is 1. The van der Waals surface area contributed by atoms with Crippen LogP contribution < -0.4 is 0 Å². The Labute approximate surface area is 154 Å². The van der Waals surface area contributed by atoms with Gasteiger partial charge in [-0.25, -0.2) is 4.79 Å². The van der Waals surface area contributed by atoms with Crippen molar-refractivity contribution in [2.75, 3.05) is 13.7 Å². The number of hydrogen-bond acceptors (Lipinski definition) is 5. The van der Waals surface area contributed by atoms with E-state index in [0.29, 0.717) is 19.7 Å². The molecule has 1 heterocycles. The SMILES string of the molecule is COC(=O)[C@@H]1ON(Cc2ccccc2)C[C@@H]1[C@H](C)OCc1ccccc1. The Morgan fingerprint density at radius 1 is 1.12 bits per heavy atom. The van der Waals surface area contributed by atoms with Gasteiger partial charge in [-0.15, -0.1) is 0 Å². The molecular formula is C21H25NO4. The minimum atomic E-state index is -0.644. The van der Waals surface area contributed by atoms with Crippen LogP contribution in [0.5, 0.6) is 0 Å². The number of hydroxylamine groups is 2. The fraction of sp³-hybridized carbons (Fsp3) is 0.381. The molecule has 0 radical (unpaired) electrons. The van der Waals surface area contributed by atoms with Crippen LogP contribution in [-0.4, -0.2) is 36.9 Å². The summed E-state index contributed by atoms with van der Waals surface area (Å²) >= 11 is 0. The minimum absolute atomic E-state index is 0.0881. The predicted octanol–water partition coefficient (Wildman–Crippen LogP) is 3.20. The van der Waals surface area contributed by atoms with Crippen LogP contribution in [0.15, 0.2) is 60.7 Å². The van der Waals surface area contributed by atoms with Crippen LogP contribution in [-0.2, 0) is 32.3 Å². The van der Waals surface area contributed by atoms with Gasteiger partial charge in [-0.3, -0.25) is 4.84 Å². The lowest BCUT2D eigenvalue weighted by Crippen LogP contribution is -2.36. The molecule has 0 bridgehead atoms. The summed E-state index contributed by atoms with van der Waals surface area (Å²) in [6.07, 6.45) is -0.783. The van der Waals surface area contributed by atoms with Crippen LogP contribution in [0.25, 0.3) is 0 Å². The van der Waals surface area contributed by atoms with Gasteiger partial charge < -0.3 is 9.47 Å². The Kier molecular flexibility index (Phi) is 6.39. The summed E-state index contributed by atoms with van der Waals surface area (Å²) in [4.78, 5) is 18.1. The second-order valence-electron chi connectivity index (χ2n) is 6.52. The number of rotatable bonds is 7. The number of nitrogens with zero attached hydrogens (tertiary/aromatic N) is 1. The topological polar surface area (TPSA) is 48.0 Å². The van der Waals surface area contributed by atoms with Gasteiger partial charge in [0.25, 0.3) is 0 Å². The van der Waals surface area contributed by atoms with Crippen LogP contribution in [0, 0.1) is 5.92 Å². The second-order valence-corrected chi connectivity index (χ2v) is 6.52. The van der Waals surface area contributed by atoms with Crippen LogP contribution in [0.3, 0.4) is 0 Å². The van der Waals surface area contributed by atoms with E-state index < -0.39 is 6.10 Å². The quantitative estimate of drug-likeness (QED) is 0.714. The molecule has 5 nitrogen and oxygen atoms in total. The maximum atomic E-state index is 12.2. The molecule has 1 aliphatic rings. The summed E-state index contributed by atoms with van der Waals surface area (Å²) < 4.78 is 11.0. The van der Waals surface area contributed by atoms with Crippen LogP contribution in [0.2, 0.25) is 0 Å². The van der Waals surface area contributed by atoms with Crippen LogP contribution >= 0.6 is 0 Å². The molecule has 1 saturated heterocycles. The Morgan fingerprint density at radius 3 is 2.35 bits per heavy atom. The highest BCUT2D eigenvalue weighted by Crippen LogP contribution is 2.28. The van der Waals surface area contributed by atoms with Gasteiger partial charge in [-0.1, -0.05) is 60.7 Å². The third-order valence-corrected chi connectivity index (χ3v) is 4.66. The summed E-state index contributed by atoms with van der Waals surface area (Å²) in [5.41, 5.74) is 2.24. The highest BCUT2D eigenvalue weighted by Gasteiger charge is 2.43. The first-order valence-corrected chi connectivity index (χ1v) is 8.86. The maximum Gasteiger partial charge on any atom is 0.337 e. The monoisotopic (exact) mass is 355 g/mol. The Morgan fingerprint density at radius 2 is 1.73 bits per heavy atom. The summed E-state index contributed by atoms with van der Waals surface area (Å²) in [5.74, 6) is -0.449. The van der Waals surface area contributed by atoms with E-state index in [0.717, 1.165) is 11.1 Å². The van der Waals surface area contributed by atoms with E-state index in [1.165, 1.54) is 7.11 Å². The molecule has 0 aliphatic carbocycles. The number of esters is 1. The van der Waals surface area contributed by atoms with Gasteiger partial charge in [0.1, 0.15) is 0 Å². The average Bonchev–Trinajstić information content (AvgIpc) is 3.11. The van der Waals surface area contributed by atoms with Crippen molar-refractivity contribution in [2.24, 2.45) is 5.92 Å². The van der Waals surface area contributed by atoms with E-state index in [1.807, 2.05) is 72.7 Å². The van der Waals surface area contributed by atoms with Gasteiger partial charge in [0, 0.05) is 19.0 Å². The van der Waals surface area contributed by atoms with Crippen molar-refractivity contribution in [3.8, 4) is 0 Å². The minimum Gasteiger partial charge on any atom is -0.467 e. The van der Waals surface area contributed by atoms with Crippen molar-refractivity contribution in [1.29, 1.82) is 0 Å². The van der Waals surface area contributed by atoms with E-state index in [4.69, 9.17) is 14.3 Å². The maximum absolute atomic E-state index is 12.2. The Bertz CT molecular complexity index is 692. The molecule has 2 aromatic rings. The van der Waals surface area contributed by atoms with Gasteiger partial charge in [-0.2, -0.15) is 5.06 Å². The molecule has 26 heavy (non-hydrogen) atoms. The zero-order valence-corrected chi connectivity index (χ0v) is 15.2. The third kappa shape index (κ3) is 4.69. The van der Waals surface area contributed by atoms with Crippen molar-refractivity contribution in [3.63, 3.8) is 0 Å². The van der Waals surface area contributed by atoms with Crippen LogP contribution in [0.1, 0.15) is 18.1 Å². The molecule has 0 aromatic heterocycles. The first-order valence-electron chi connectivity index (χ1n) is 8.86. The number of benzene rings is 2. The number of methoxy groups -OCH3 is 1. The van der Waals surface area contributed by atoms with Gasteiger partial charge in [0.2, 0.25) is 0 Å². The third-order valence-electron chi connectivity index (χ3n) is 4.66. The van der Waals surface area contributed by atoms with E-state index in [-0.39, 0.29) is 18.0 Å². The highest BCUT2D eigenvalue weighted by atomic mass is 16.7. The molecule has 0 N–H and O–H groups in total. The van der Waals surface area contributed by atoms with Crippen LogP contribution in [0.4, 0.5) is 0 Å². The molecule has 138 valence electrons. The Balaban J connectivity index is 1.63. The molecule has 3 rings (SSSR count). The molecular weight excluding hydrogens is 330 g/mol. The lowest BCUT2D eigenvalue weighted by Gasteiger charge is -2.22. The molecule has 1 fully saturated rings. The van der Waals surface area contributed by atoms with E-state index in [9.17, 15) is 4.79 Å². The summed E-state index contributed by atoms with van der Waals surface area (Å²) in [5, 5.41) is 1.82. The highest BCUT2D eigenvalue weighted by molar-refractivity contribution is 5.75. The van der Waals surface area contributed by atoms with Gasteiger partial charge in [0.05, 0.1) is 19.8 Å². The second kappa shape index (κ2) is 8.94. The smallest absolute Gasteiger partial charge is 0.337 e. The molecule has 0 saturated carbocycles. The Hall–Kier alpha value is -2.21. The van der Waals surface area contributed by atoms with Crippen molar-refractivity contribution in [2.45, 2.75) is 32.3 Å². The van der Waals surface area contributed by atoms with Crippen molar-refractivity contribution in [1.82, 2.24) is 5.06 Å². The van der Waals surface area contributed by atoms with Gasteiger partial charge >= 0.3 is 5.97 Å². The van der Waals surface area contributed by atoms with Crippen molar-refractivity contribution in [3.05, 3.63) is 71.8 Å². The van der Waals surface area contributed by atoms with Gasteiger partial charge in [0.15, 0.2) is 6.10 Å². The van der Waals surface area contributed by atoms with E-state index in [2.05, 4.69) is 0 Å². The first-order chi connectivity index (χ1) is 12.7. The standard InChI is InChI=1S/C21H25NO4/c1-16(25-15-18-11-7-4-8-12-18)19-14-22(26-20(19)21(23)24-2)13-17-9-5-3-6-10-17/h3-12,16,19-20H,13-15H2,1-2H3/t16-,19+,20+/m0/s1. The van der Waals surface area contributed by atoms with E-state index in [1.54, 1.807) is 0 Å². The molecule has 5 heteroatoms. The molecule has 0 amide bonds. The lowest BCUT2D eigenvalue weighted by atomic mass is 9.97. The average molecular weight is 355 g/mol. The largest absolute Gasteiger partial charge is 0.467 e. The summed E-state index contributed by atoms with van der Waals surface area (Å²) in [7, 11) is 1.39. The van der Waals surface area contributed by atoms with Gasteiger partial charge in [-0.05, 0) is 18.1 Å². The fourth-order valence-electron chi connectivity index (χ4n) is 3.16.